The number of rotatable bonds is 2. The van der Waals surface area contributed by atoms with Crippen LogP contribution in [0.25, 0.3) is 11.0 Å². The topological polar surface area (TPSA) is 45.8 Å². The number of nitrogens with zero attached hydrogens (tertiary/aromatic N) is 1. The maximum atomic E-state index is 10.5. The summed E-state index contributed by atoms with van der Waals surface area (Å²) in [4.78, 5) is 17.5. The van der Waals surface area contributed by atoms with Gasteiger partial charge in [0.15, 0.2) is 12.1 Å². The fourth-order valence-electron chi connectivity index (χ4n) is 1.27. The van der Waals surface area contributed by atoms with Gasteiger partial charge in [0.25, 0.3) is 0 Å². The molecule has 0 saturated carbocycles. The van der Waals surface area contributed by atoms with E-state index in [0.29, 0.717) is 5.82 Å². The quantitative estimate of drug-likeness (QED) is 0.645. The molecule has 1 N–H and O–H groups in total. The maximum Gasteiger partial charge on any atom is 0.185 e. The van der Waals surface area contributed by atoms with Crippen molar-refractivity contribution in [2.75, 3.05) is 0 Å². The Kier molecular flexibility index (Phi) is 2.14. The summed E-state index contributed by atoms with van der Waals surface area (Å²) in [7, 11) is 0. The average molecular weight is 239 g/mol. The summed E-state index contributed by atoms with van der Waals surface area (Å²) in [6.07, 6.45) is 0.720. The zero-order valence-corrected chi connectivity index (χ0v) is 8.34. The zero-order chi connectivity index (χ0) is 9.26. The molecule has 2 aromatic rings. The average Bonchev–Trinajstić information content (AvgIpc) is 2.59. The van der Waals surface area contributed by atoms with Gasteiger partial charge in [-0.15, -0.1) is 0 Å². The second-order valence-corrected chi connectivity index (χ2v) is 3.25. The van der Waals surface area contributed by atoms with E-state index in [4.69, 9.17) is 0 Å². The van der Waals surface area contributed by atoms with E-state index >= 15 is 0 Å². The molecule has 0 atom stereocenters. The fraction of sp³-hybridized carbons (Fsp3) is 0.111. The SMILES string of the molecule is O=Cc1nc2c(CBr)cccc2[nH]1. The molecule has 0 bridgehead atoms. The van der Waals surface area contributed by atoms with E-state index in [0.717, 1.165) is 28.2 Å². The molecule has 0 spiro atoms. The van der Waals surface area contributed by atoms with Crippen molar-refractivity contribution < 1.29 is 4.79 Å². The van der Waals surface area contributed by atoms with Crippen molar-refractivity contribution >= 4 is 33.2 Å². The van der Waals surface area contributed by atoms with Crippen LogP contribution in [0.4, 0.5) is 0 Å². The summed E-state index contributed by atoms with van der Waals surface area (Å²) in [5.41, 5.74) is 2.85. The van der Waals surface area contributed by atoms with Crippen LogP contribution in [0.2, 0.25) is 0 Å². The summed E-state index contributed by atoms with van der Waals surface area (Å²) in [5, 5.41) is 0.744. The Morgan fingerprint density at radius 3 is 3.08 bits per heavy atom. The van der Waals surface area contributed by atoms with Crippen LogP contribution in [-0.2, 0) is 5.33 Å². The van der Waals surface area contributed by atoms with Crippen LogP contribution in [0.3, 0.4) is 0 Å². The number of aromatic amines is 1. The Balaban J connectivity index is 2.74. The number of H-pyrrole nitrogens is 1. The van der Waals surface area contributed by atoms with Crippen molar-refractivity contribution in [1.82, 2.24) is 9.97 Å². The number of nitrogens with one attached hydrogen (secondary N) is 1. The van der Waals surface area contributed by atoms with Crippen LogP contribution in [-0.4, -0.2) is 16.3 Å². The van der Waals surface area contributed by atoms with Crippen LogP contribution < -0.4 is 0 Å². The van der Waals surface area contributed by atoms with Gasteiger partial charge in [-0.05, 0) is 11.6 Å². The van der Waals surface area contributed by atoms with E-state index in [-0.39, 0.29) is 0 Å². The highest BCUT2D eigenvalue weighted by molar-refractivity contribution is 9.08. The molecular weight excluding hydrogens is 232 g/mol. The molecule has 1 heterocycles. The van der Waals surface area contributed by atoms with Crippen LogP contribution in [0.15, 0.2) is 18.2 Å². The van der Waals surface area contributed by atoms with E-state index in [9.17, 15) is 4.79 Å². The first-order valence-electron chi connectivity index (χ1n) is 3.84. The van der Waals surface area contributed by atoms with Crippen LogP contribution in [0, 0.1) is 0 Å². The highest BCUT2D eigenvalue weighted by atomic mass is 79.9. The largest absolute Gasteiger partial charge is 0.336 e. The number of fused-ring (bicyclic) bond motifs is 1. The molecule has 0 aliphatic heterocycles. The predicted molar refractivity (Wildman–Crippen MR) is 54.1 cm³/mol. The van der Waals surface area contributed by atoms with Gasteiger partial charge in [0.1, 0.15) is 0 Å². The van der Waals surface area contributed by atoms with Crippen molar-refractivity contribution in [2.45, 2.75) is 5.33 Å². The first-order valence-corrected chi connectivity index (χ1v) is 4.96. The number of carbonyl (C=O) groups is 1. The molecule has 2 rings (SSSR count). The summed E-state index contributed by atoms with van der Waals surface area (Å²) < 4.78 is 0. The molecule has 0 unspecified atom stereocenters. The smallest absolute Gasteiger partial charge is 0.185 e. The molecule has 1 aromatic heterocycles. The summed E-state index contributed by atoms with van der Waals surface area (Å²) >= 11 is 3.37. The number of imidazole rings is 1. The lowest BCUT2D eigenvalue weighted by molar-refractivity contribution is 0.111. The fourth-order valence-corrected chi connectivity index (χ4v) is 1.73. The Morgan fingerprint density at radius 2 is 2.38 bits per heavy atom. The third-order valence-corrected chi connectivity index (χ3v) is 2.47. The molecule has 0 aliphatic rings. The zero-order valence-electron chi connectivity index (χ0n) is 6.75. The number of aldehydes is 1. The molecular formula is C9H7BrN2O. The number of alkyl halides is 1. The summed E-state index contributed by atoms with van der Waals surface area (Å²) in [5.74, 6) is 0.378. The van der Waals surface area contributed by atoms with Crippen LogP contribution in [0.5, 0.6) is 0 Å². The number of hydrogen-bond donors (Lipinski definition) is 1. The van der Waals surface area contributed by atoms with E-state index < -0.39 is 0 Å². The first-order chi connectivity index (χ1) is 6.35. The number of carbonyl (C=O) groups excluding carboxylic acids is 1. The molecule has 4 heteroatoms. The Morgan fingerprint density at radius 1 is 1.54 bits per heavy atom. The lowest BCUT2D eigenvalue weighted by Crippen LogP contribution is -1.81. The monoisotopic (exact) mass is 238 g/mol. The van der Waals surface area contributed by atoms with Gasteiger partial charge in [0.2, 0.25) is 0 Å². The van der Waals surface area contributed by atoms with E-state index in [1.807, 2.05) is 18.2 Å². The molecule has 0 amide bonds. The van der Waals surface area contributed by atoms with Gasteiger partial charge in [-0.1, -0.05) is 28.1 Å². The molecule has 0 aliphatic carbocycles. The number of halogens is 1. The van der Waals surface area contributed by atoms with Gasteiger partial charge >= 0.3 is 0 Å². The Hall–Kier alpha value is -1.16. The minimum atomic E-state index is 0.378. The minimum Gasteiger partial charge on any atom is -0.336 e. The molecule has 66 valence electrons. The van der Waals surface area contributed by atoms with Crippen LogP contribution >= 0.6 is 15.9 Å². The molecule has 0 fully saturated rings. The number of aromatic nitrogens is 2. The van der Waals surface area contributed by atoms with Crippen molar-refractivity contribution in [3.63, 3.8) is 0 Å². The number of para-hydroxylation sites is 1. The molecule has 1 aromatic carbocycles. The van der Waals surface area contributed by atoms with Gasteiger partial charge in [-0.2, -0.15) is 0 Å². The molecule has 13 heavy (non-hydrogen) atoms. The molecule has 3 nitrogen and oxygen atoms in total. The van der Waals surface area contributed by atoms with E-state index in [1.165, 1.54) is 0 Å². The number of hydrogen-bond acceptors (Lipinski definition) is 2. The first kappa shape index (κ1) is 8.44. The number of benzene rings is 1. The van der Waals surface area contributed by atoms with Gasteiger partial charge < -0.3 is 4.98 Å². The Labute approximate surface area is 83.3 Å². The Bertz CT molecular complexity index is 450. The van der Waals surface area contributed by atoms with E-state index in [1.54, 1.807) is 0 Å². The lowest BCUT2D eigenvalue weighted by atomic mass is 10.2. The van der Waals surface area contributed by atoms with Gasteiger partial charge in [-0.25, -0.2) is 4.98 Å². The predicted octanol–water partition coefficient (Wildman–Crippen LogP) is 2.27. The third-order valence-electron chi connectivity index (χ3n) is 1.87. The van der Waals surface area contributed by atoms with Gasteiger partial charge in [0.05, 0.1) is 11.0 Å². The molecule has 0 saturated heterocycles. The van der Waals surface area contributed by atoms with E-state index in [2.05, 4.69) is 25.9 Å². The normalized spacial score (nSPS) is 10.5. The van der Waals surface area contributed by atoms with Crippen molar-refractivity contribution in [3.8, 4) is 0 Å². The lowest BCUT2D eigenvalue weighted by Gasteiger charge is -1.94. The third kappa shape index (κ3) is 1.37. The van der Waals surface area contributed by atoms with Gasteiger partial charge in [0, 0.05) is 5.33 Å². The second-order valence-electron chi connectivity index (χ2n) is 2.69. The minimum absolute atomic E-state index is 0.378. The van der Waals surface area contributed by atoms with Crippen molar-refractivity contribution in [2.24, 2.45) is 0 Å². The standard InChI is InChI=1S/C9H7BrN2O/c10-4-6-2-1-3-7-9(6)12-8(5-13)11-7/h1-3,5H,4H2,(H,11,12). The van der Waals surface area contributed by atoms with Crippen molar-refractivity contribution in [3.05, 3.63) is 29.6 Å². The maximum absolute atomic E-state index is 10.5. The highest BCUT2D eigenvalue weighted by Crippen LogP contribution is 2.17. The van der Waals surface area contributed by atoms with Gasteiger partial charge in [-0.3, -0.25) is 4.79 Å². The highest BCUT2D eigenvalue weighted by Gasteiger charge is 2.04. The molecule has 0 radical (unpaired) electrons. The van der Waals surface area contributed by atoms with Crippen LogP contribution in [0.1, 0.15) is 16.2 Å². The summed E-state index contributed by atoms with van der Waals surface area (Å²) in [6.45, 7) is 0. The second kappa shape index (κ2) is 3.30. The summed E-state index contributed by atoms with van der Waals surface area (Å²) in [6, 6.07) is 5.82. The van der Waals surface area contributed by atoms with Crippen molar-refractivity contribution in [1.29, 1.82) is 0 Å².